The first-order valence-corrected chi connectivity index (χ1v) is 7.58. The summed E-state index contributed by atoms with van der Waals surface area (Å²) in [5.41, 5.74) is 8.29. The van der Waals surface area contributed by atoms with Gasteiger partial charge in [0.1, 0.15) is 0 Å². The van der Waals surface area contributed by atoms with Gasteiger partial charge >= 0.3 is 0 Å². The second-order valence-corrected chi connectivity index (χ2v) is 5.76. The summed E-state index contributed by atoms with van der Waals surface area (Å²) in [5.74, 6) is 0. The molecule has 1 aromatic carbocycles. The molecule has 0 saturated heterocycles. The van der Waals surface area contributed by atoms with Gasteiger partial charge in [-0.25, -0.2) is 4.98 Å². The molecule has 0 atom stereocenters. The SMILES string of the molecule is CCCCCNc1c(N)c(Cl)nc2ccc(Br)cc12. The molecule has 102 valence electrons. The van der Waals surface area contributed by atoms with Crippen molar-refractivity contribution < 1.29 is 0 Å². The fourth-order valence-electron chi connectivity index (χ4n) is 2.00. The van der Waals surface area contributed by atoms with Gasteiger partial charge in [0.15, 0.2) is 5.15 Å². The van der Waals surface area contributed by atoms with E-state index in [0.29, 0.717) is 10.8 Å². The number of pyridine rings is 1. The topological polar surface area (TPSA) is 50.9 Å². The van der Waals surface area contributed by atoms with Crippen LogP contribution in [0.15, 0.2) is 22.7 Å². The van der Waals surface area contributed by atoms with Crippen molar-refractivity contribution in [1.29, 1.82) is 0 Å². The van der Waals surface area contributed by atoms with Gasteiger partial charge in [0.2, 0.25) is 0 Å². The Morgan fingerprint density at radius 3 is 2.89 bits per heavy atom. The number of aromatic nitrogens is 1. The molecule has 19 heavy (non-hydrogen) atoms. The molecule has 3 nitrogen and oxygen atoms in total. The first kappa shape index (κ1) is 14.4. The summed E-state index contributed by atoms with van der Waals surface area (Å²) in [6.45, 7) is 3.07. The Balaban J connectivity index is 2.38. The maximum atomic E-state index is 6.08. The number of hydrogen-bond acceptors (Lipinski definition) is 3. The van der Waals surface area contributed by atoms with Crippen molar-refractivity contribution in [2.24, 2.45) is 0 Å². The van der Waals surface area contributed by atoms with Crippen LogP contribution in [0.2, 0.25) is 5.15 Å². The standard InChI is InChI=1S/C14H17BrClN3/c1-2-3-4-7-18-13-10-8-9(15)5-6-11(10)19-14(16)12(13)17/h5-6,8H,2-4,7,17H2,1H3,(H,18,19). The largest absolute Gasteiger partial charge is 0.395 e. The van der Waals surface area contributed by atoms with Crippen molar-refractivity contribution in [2.75, 3.05) is 17.6 Å². The molecular formula is C14H17BrClN3. The van der Waals surface area contributed by atoms with Gasteiger partial charge in [0.05, 0.1) is 16.9 Å². The summed E-state index contributed by atoms with van der Waals surface area (Å²) < 4.78 is 1.00. The fraction of sp³-hybridized carbons (Fsp3) is 0.357. The first-order valence-electron chi connectivity index (χ1n) is 6.41. The number of anilines is 2. The predicted molar refractivity (Wildman–Crippen MR) is 86.9 cm³/mol. The van der Waals surface area contributed by atoms with Crippen molar-refractivity contribution in [3.05, 3.63) is 27.8 Å². The highest BCUT2D eigenvalue weighted by atomic mass is 79.9. The van der Waals surface area contributed by atoms with E-state index in [9.17, 15) is 0 Å². The van der Waals surface area contributed by atoms with Gasteiger partial charge in [-0.1, -0.05) is 47.3 Å². The molecular weight excluding hydrogens is 326 g/mol. The van der Waals surface area contributed by atoms with Gasteiger partial charge in [-0.05, 0) is 24.6 Å². The number of halogens is 2. The summed E-state index contributed by atoms with van der Waals surface area (Å²) in [5, 5.41) is 4.74. The number of nitrogens with one attached hydrogen (secondary N) is 1. The second-order valence-electron chi connectivity index (χ2n) is 4.49. The molecule has 0 aliphatic heterocycles. The Labute approximate surface area is 126 Å². The molecule has 0 saturated carbocycles. The van der Waals surface area contributed by atoms with Crippen LogP contribution in [-0.2, 0) is 0 Å². The van der Waals surface area contributed by atoms with Gasteiger partial charge in [-0.3, -0.25) is 0 Å². The fourth-order valence-corrected chi connectivity index (χ4v) is 2.55. The number of rotatable bonds is 5. The molecule has 0 bridgehead atoms. The van der Waals surface area contributed by atoms with Gasteiger partial charge in [0.25, 0.3) is 0 Å². The number of fused-ring (bicyclic) bond motifs is 1. The van der Waals surface area contributed by atoms with Crippen LogP contribution >= 0.6 is 27.5 Å². The molecule has 2 aromatic rings. The molecule has 0 spiro atoms. The predicted octanol–water partition coefficient (Wildman–Crippen LogP) is 4.84. The average molecular weight is 343 g/mol. The lowest BCUT2D eigenvalue weighted by molar-refractivity contribution is 0.744. The van der Waals surface area contributed by atoms with E-state index in [4.69, 9.17) is 17.3 Å². The zero-order valence-corrected chi connectivity index (χ0v) is 13.2. The van der Waals surface area contributed by atoms with Crippen LogP contribution in [-0.4, -0.2) is 11.5 Å². The lowest BCUT2D eigenvalue weighted by atomic mass is 10.1. The summed E-state index contributed by atoms with van der Waals surface area (Å²) in [6.07, 6.45) is 3.51. The molecule has 3 N–H and O–H groups in total. The molecule has 0 aliphatic rings. The van der Waals surface area contributed by atoms with Gasteiger partial charge in [0, 0.05) is 16.4 Å². The summed E-state index contributed by atoms with van der Waals surface area (Å²) >= 11 is 9.56. The van der Waals surface area contributed by atoms with Crippen LogP contribution in [0.1, 0.15) is 26.2 Å². The number of nitrogen functional groups attached to an aromatic ring is 1. The normalized spacial score (nSPS) is 10.9. The summed E-state index contributed by atoms with van der Waals surface area (Å²) in [4.78, 5) is 4.30. The Morgan fingerprint density at radius 2 is 2.16 bits per heavy atom. The molecule has 0 fully saturated rings. The molecule has 2 rings (SSSR count). The highest BCUT2D eigenvalue weighted by molar-refractivity contribution is 9.10. The Hall–Kier alpha value is -1.000. The van der Waals surface area contributed by atoms with Crippen LogP contribution in [0.25, 0.3) is 10.9 Å². The quantitative estimate of drug-likeness (QED) is 0.604. The minimum Gasteiger partial charge on any atom is -0.395 e. The van der Waals surface area contributed by atoms with Crippen molar-refractivity contribution in [1.82, 2.24) is 4.98 Å². The molecule has 1 heterocycles. The number of benzene rings is 1. The van der Waals surface area contributed by atoms with Crippen LogP contribution in [0.4, 0.5) is 11.4 Å². The van der Waals surface area contributed by atoms with E-state index in [0.717, 1.165) is 34.0 Å². The summed E-state index contributed by atoms with van der Waals surface area (Å²) in [7, 11) is 0. The van der Waals surface area contributed by atoms with Gasteiger partial charge in [-0.2, -0.15) is 0 Å². The zero-order valence-electron chi connectivity index (χ0n) is 10.8. The lowest BCUT2D eigenvalue weighted by Crippen LogP contribution is -2.06. The number of nitrogens with two attached hydrogens (primary N) is 1. The van der Waals surface area contributed by atoms with E-state index in [1.807, 2.05) is 18.2 Å². The number of nitrogens with zero attached hydrogens (tertiary/aromatic N) is 1. The van der Waals surface area contributed by atoms with Crippen LogP contribution in [0.5, 0.6) is 0 Å². The lowest BCUT2D eigenvalue weighted by Gasteiger charge is -2.13. The third-order valence-electron chi connectivity index (χ3n) is 3.02. The van der Waals surface area contributed by atoms with E-state index < -0.39 is 0 Å². The van der Waals surface area contributed by atoms with Crippen molar-refractivity contribution in [3.8, 4) is 0 Å². The monoisotopic (exact) mass is 341 g/mol. The molecule has 5 heteroatoms. The Bertz CT molecular complexity index is 586. The zero-order chi connectivity index (χ0) is 13.8. The highest BCUT2D eigenvalue weighted by Gasteiger charge is 2.11. The first-order chi connectivity index (χ1) is 9.13. The van der Waals surface area contributed by atoms with Crippen molar-refractivity contribution in [2.45, 2.75) is 26.2 Å². The van der Waals surface area contributed by atoms with Crippen molar-refractivity contribution >= 4 is 49.8 Å². The van der Waals surface area contributed by atoms with E-state index >= 15 is 0 Å². The van der Waals surface area contributed by atoms with Crippen LogP contribution in [0, 0.1) is 0 Å². The Morgan fingerprint density at radius 1 is 1.37 bits per heavy atom. The highest BCUT2D eigenvalue weighted by Crippen LogP contribution is 2.34. The van der Waals surface area contributed by atoms with E-state index in [1.165, 1.54) is 12.8 Å². The van der Waals surface area contributed by atoms with Crippen molar-refractivity contribution in [3.63, 3.8) is 0 Å². The second kappa shape index (κ2) is 6.44. The third-order valence-corrected chi connectivity index (χ3v) is 3.80. The van der Waals surface area contributed by atoms with Crippen LogP contribution in [0.3, 0.4) is 0 Å². The number of unbranched alkanes of at least 4 members (excludes halogenated alkanes) is 2. The van der Waals surface area contributed by atoms with Gasteiger partial charge < -0.3 is 11.1 Å². The maximum Gasteiger partial charge on any atom is 0.154 e. The average Bonchev–Trinajstić information content (AvgIpc) is 2.39. The maximum absolute atomic E-state index is 6.08. The molecule has 0 unspecified atom stereocenters. The van der Waals surface area contributed by atoms with E-state index in [1.54, 1.807) is 0 Å². The van der Waals surface area contributed by atoms with Crippen LogP contribution < -0.4 is 11.1 Å². The molecule has 0 aliphatic carbocycles. The summed E-state index contributed by atoms with van der Waals surface area (Å²) in [6, 6.07) is 5.89. The van der Waals surface area contributed by atoms with E-state index in [2.05, 4.69) is 33.2 Å². The van der Waals surface area contributed by atoms with Gasteiger partial charge in [-0.15, -0.1) is 0 Å². The minimum absolute atomic E-state index is 0.354. The Kier molecular flexibility index (Phi) is 4.88. The minimum atomic E-state index is 0.354. The molecule has 0 amide bonds. The molecule has 0 radical (unpaired) electrons. The molecule has 1 aromatic heterocycles. The third kappa shape index (κ3) is 3.31. The van der Waals surface area contributed by atoms with E-state index in [-0.39, 0.29) is 0 Å². The number of hydrogen-bond donors (Lipinski definition) is 2. The smallest absolute Gasteiger partial charge is 0.154 e.